The largest absolute Gasteiger partial charge is 0.481 e. The smallest absolute Gasteiger partial charge is 0.320 e. The summed E-state index contributed by atoms with van der Waals surface area (Å²) in [5.41, 5.74) is 3.32. The lowest BCUT2D eigenvalue weighted by Crippen LogP contribution is -2.33. The number of nitrogens with one attached hydrogen (secondary N) is 3. The third-order valence-corrected chi connectivity index (χ3v) is 6.23. The van der Waals surface area contributed by atoms with Crippen molar-refractivity contribution in [2.45, 2.75) is 77.6 Å². The molecule has 2 amide bonds. The van der Waals surface area contributed by atoms with Crippen molar-refractivity contribution in [1.29, 1.82) is 0 Å². The highest BCUT2D eigenvalue weighted by Gasteiger charge is 2.23. The molecule has 2 aromatic heterocycles. The minimum Gasteiger partial charge on any atom is -0.481 e. The monoisotopic (exact) mass is 503 g/mol. The van der Waals surface area contributed by atoms with E-state index in [1.165, 1.54) is 44.2 Å². The summed E-state index contributed by atoms with van der Waals surface area (Å²) in [6.07, 6.45) is 9.67. The molecule has 0 aliphatic carbocycles. The van der Waals surface area contributed by atoms with Crippen LogP contribution in [0.1, 0.15) is 83.1 Å². The van der Waals surface area contributed by atoms with Crippen molar-refractivity contribution < 1.29 is 24.6 Å². The summed E-state index contributed by atoms with van der Waals surface area (Å²) in [5.74, 6) is -1.00. The Kier molecular flexibility index (Phi) is 12.7. The Labute approximate surface area is 212 Å². The Morgan fingerprint density at radius 3 is 2.33 bits per heavy atom. The number of likely N-dealkylation sites (tertiary alicyclic amines) is 1. The van der Waals surface area contributed by atoms with Crippen molar-refractivity contribution in [2.75, 3.05) is 31.5 Å². The predicted octanol–water partition coefficient (Wildman–Crippen LogP) is 4.79. The van der Waals surface area contributed by atoms with E-state index >= 15 is 0 Å². The lowest BCUT2D eigenvalue weighted by molar-refractivity contribution is -0.143. The van der Waals surface area contributed by atoms with E-state index in [-0.39, 0.29) is 18.9 Å². The predicted molar refractivity (Wildman–Crippen MR) is 140 cm³/mol. The van der Waals surface area contributed by atoms with Crippen LogP contribution < -0.4 is 10.6 Å². The van der Waals surface area contributed by atoms with Gasteiger partial charge in [0.15, 0.2) is 0 Å². The molecule has 3 rings (SSSR count). The summed E-state index contributed by atoms with van der Waals surface area (Å²) in [7, 11) is 0. The Balaban J connectivity index is 0.000000493. The number of carboxylic acids is 2. The standard InChI is InChI=1S/C22H35N5O.C4H6O4/c1-3-5-6-7-12-23-22(28)26-20-9-8-19-21(25-20)18(16-24-19)17-10-14-27(13-4-2)15-11-17;5-3(6)1-2-4(7)8/h8-9,16-17,24H,3-7,10-15H2,1-2H3,(H2,23,25,26,28);1-2H2,(H,5,6)(H,7,8). The van der Waals surface area contributed by atoms with E-state index in [1.54, 1.807) is 0 Å². The fraction of sp³-hybridized carbons (Fsp3) is 0.615. The van der Waals surface area contributed by atoms with Gasteiger partial charge in [-0.25, -0.2) is 9.78 Å². The van der Waals surface area contributed by atoms with Gasteiger partial charge in [0.1, 0.15) is 5.82 Å². The molecular weight excluding hydrogens is 462 g/mol. The minimum absolute atomic E-state index is 0.173. The normalized spacial score (nSPS) is 14.2. The van der Waals surface area contributed by atoms with Gasteiger partial charge in [-0.05, 0) is 68.9 Å². The Morgan fingerprint density at radius 1 is 1.03 bits per heavy atom. The molecular formula is C26H41N5O5. The van der Waals surface area contributed by atoms with Gasteiger partial charge in [-0.15, -0.1) is 0 Å². The highest BCUT2D eigenvalue weighted by atomic mass is 16.4. The van der Waals surface area contributed by atoms with Gasteiger partial charge in [0.2, 0.25) is 0 Å². The molecule has 1 aliphatic rings. The molecule has 10 heteroatoms. The molecule has 0 aromatic carbocycles. The van der Waals surface area contributed by atoms with Crippen molar-refractivity contribution in [3.8, 4) is 0 Å². The minimum atomic E-state index is -1.08. The van der Waals surface area contributed by atoms with E-state index in [2.05, 4.69) is 40.6 Å². The fourth-order valence-corrected chi connectivity index (χ4v) is 4.31. The molecule has 36 heavy (non-hydrogen) atoms. The van der Waals surface area contributed by atoms with Gasteiger partial charge in [0.25, 0.3) is 0 Å². The summed E-state index contributed by atoms with van der Waals surface area (Å²) in [5, 5.41) is 21.6. The number of hydrogen-bond acceptors (Lipinski definition) is 5. The zero-order valence-corrected chi connectivity index (χ0v) is 21.5. The van der Waals surface area contributed by atoms with Crippen molar-refractivity contribution in [3.05, 3.63) is 23.9 Å². The number of pyridine rings is 1. The second-order valence-electron chi connectivity index (χ2n) is 9.18. The van der Waals surface area contributed by atoms with Crippen LogP contribution >= 0.6 is 0 Å². The van der Waals surface area contributed by atoms with Crippen LogP contribution in [0, 0.1) is 0 Å². The maximum atomic E-state index is 12.1. The third-order valence-electron chi connectivity index (χ3n) is 6.23. The van der Waals surface area contributed by atoms with Crippen LogP contribution in [0.25, 0.3) is 11.0 Å². The number of anilines is 1. The summed E-state index contributed by atoms with van der Waals surface area (Å²) in [6, 6.07) is 3.70. The third kappa shape index (κ3) is 10.2. The van der Waals surface area contributed by atoms with Gasteiger partial charge >= 0.3 is 18.0 Å². The first kappa shape index (κ1) is 29.1. The van der Waals surface area contributed by atoms with Crippen molar-refractivity contribution in [3.63, 3.8) is 0 Å². The molecule has 0 unspecified atom stereocenters. The lowest BCUT2D eigenvalue weighted by atomic mass is 9.90. The first-order valence-electron chi connectivity index (χ1n) is 13.0. The van der Waals surface area contributed by atoms with Gasteiger partial charge in [0.05, 0.1) is 23.9 Å². The van der Waals surface area contributed by atoms with Crippen LogP contribution in [0.3, 0.4) is 0 Å². The second kappa shape index (κ2) is 15.8. The number of H-pyrrole nitrogens is 1. The Bertz CT molecular complexity index is 955. The molecule has 0 bridgehead atoms. The van der Waals surface area contributed by atoms with Gasteiger partial charge in [-0.2, -0.15) is 0 Å². The fourth-order valence-electron chi connectivity index (χ4n) is 4.31. The zero-order valence-electron chi connectivity index (χ0n) is 21.5. The number of aromatic amines is 1. The van der Waals surface area contributed by atoms with Crippen LogP contribution in [-0.4, -0.2) is 69.2 Å². The number of hydrogen-bond donors (Lipinski definition) is 5. The van der Waals surface area contributed by atoms with Crippen molar-refractivity contribution in [1.82, 2.24) is 20.2 Å². The van der Waals surface area contributed by atoms with Crippen LogP contribution in [0.5, 0.6) is 0 Å². The molecule has 2 aromatic rings. The van der Waals surface area contributed by atoms with Crippen LogP contribution in [0.4, 0.5) is 10.6 Å². The van der Waals surface area contributed by atoms with Crippen LogP contribution in [0.2, 0.25) is 0 Å². The molecule has 5 N–H and O–H groups in total. The Hall–Kier alpha value is -3.14. The number of unbranched alkanes of at least 4 members (excludes halogenated alkanes) is 3. The van der Waals surface area contributed by atoms with Gasteiger partial charge in [-0.3, -0.25) is 14.9 Å². The number of amides is 2. The van der Waals surface area contributed by atoms with Gasteiger partial charge < -0.3 is 25.4 Å². The molecule has 1 saturated heterocycles. The number of aromatic nitrogens is 2. The number of aliphatic carboxylic acids is 2. The maximum Gasteiger partial charge on any atom is 0.320 e. The molecule has 0 radical (unpaired) electrons. The summed E-state index contributed by atoms with van der Waals surface area (Å²) in [4.78, 5) is 42.1. The average Bonchev–Trinajstić information content (AvgIpc) is 3.27. The zero-order chi connectivity index (χ0) is 26.3. The number of rotatable bonds is 12. The number of carbonyl (C=O) groups excluding carboxylic acids is 1. The molecule has 0 saturated carbocycles. The van der Waals surface area contributed by atoms with E-state index in [1.807, 2.05) is 12.1 Å². The molecule has 200 valence electrons. The second-order valence-corrected chi connectivity index (χ2v) is 9.18. The lowest BCUT2D eigenvalue weighted by Gasteiger charge is -2.31. The number of piperidine rings is 1. The molecule has 0 spiro atoms. The number of carbonyl (C=O) groups is 3. The number of nitrogens with zero attached hydrogens (tertiary/aromatic N) is 2. The van der Waals surface area contributed by atoms with Crippen molar-refractivity contribution >= 4 is 34.8 Å². The Morgan fingerprint density at radius 2 is 1.72 bits per heavy atom. The van der Waals surface area contributed by atoms with Crippen molar-refractivity contribution in [2.24, 2.45) is 0 Å². The number of carboxylic acid groups (broad SMARTS) is 2. The maximum absolute atomic E-state index is 12.1. The average molecular weight is 504 g/mol. The van der Waals surface area contributed by atoms with E-state index < -0.39 is 11.9 Å². The van der Waals surface area contributed by atoms with E-state index in [0.29, 0.717) is 18.3 Å². The van der Waals surface area contributed by atoms with Crippen LogP contribution in [-0.2, 0) is 9.59 Å². The molecule has 0 atom stereocenters. The summed E-state index contributed by atoms with van der Waals surface area (Å²) in [6.45, 7) is 8.64. The van der Waals surface area contributed by atoms with Gasteiger partial charge in [0, 0.05) is 12.7 Å². The SMILES string of the molecule is CCCCCCNC(=O)Nc1ccc2[nH]cc(C3CCN(CCC)CC3)c2n1.O=C(O)CCC(=O)O. The van der Waals surface area contributed by atoms with Crippen LogP contribution in [0.15, 0.2) is 18.3 Å². The van der Waals surface area contributed by atoms with Gasteiger partial charge in [-0.1, -0.05) is 33.1 Å². The van der Waals surface area contributed by atoms with E-state index in [9.17, 15) is 14.4 Å². The highest BCUT2D eigenvalue weighted by molar-refractivity contribution is 5.90. The van der Waals surface area contributed by atoms with E-state index in [4.69, 9.17) is 15.2 Å². The summed E-state index contributed by atoms with van der Waals surface area (Å²) >= 11 is 0. The molecule has 10 nitrogen and oxygen atoms in total. The quantitative estimate of drug-likeness (QED) is 0.262. The first-order valence-corrected chi connectivity index (χ1v) is 13.0. The topological polar surface area (TPSA) is 148 Å². The molecule has 3 heterocycles. The summed E-state index contributed by atoms with van der Waals surface area (Å²) < 4.78 is 0. The first-order chi connectivity index (χ1) is 17.3. The number of fused-ring (bicyclic) bond motifs is 1. The van der Waals surface area contributed by atoms with E-state index in [0.717, 1.165) is 37.0 Å². The molecule has 1 fully saturated rings. The number of urea groups is 1. The highest BCUT2D eigenvalue weighted by Crippen LogP contribution is 2.32. The molecule has 1 aliphatic heterocycles.